The van der Waals surface area contributed by atoms with E-state index in [9.17, 15) is 4.79 Å². The van der Waals surface area contributed by atoms with Crippen molar-refractivity contribution in [3.05, 3.63) is 41.1 Å². The summed E-state index contributed by atoms with van der Waals surface area (Å²) in [5, 5.41) is 4.45. The monoisotopic (exact) mass is 297 g/mol. The molecule has 2 aromatic rings. The van der Waals surface area contributed by atoms with Crippen molar-refractivity contribution in [2.24, 2.45) is 0 Å². The largest absolute Gasteiger partial charge is 0.341 e. The summed E-state index contributed by atoms with van der Waals surface area (Å²) in [7, 11) is 1.92. The molecule has 4 nitrogen and oxygen atoms in total. The maximum Gasteiger partial charge on any atom is 0.227 e. The van der Waals surface area contributed by atoms with E-state index in [0.29, 0.717) is 12.5 Å². The van der Waals surface area contributed by atoms with Crippen LogP contribution in [-0.2, 0) is 11.2 Å². The van der Waals surface area contributed by atoms with Crippen molar-refractivity contribution in [1.82, 2.24) is 15.2 Å². The maximum absolute atomic E-state index is 12.6. The minimum absolute atomic E-state index is 0.178. The lowest BCUT2D eigenvalue weighted by Crippen LogP contribution is -2.39. The Morgan fingerprint density at radius 2 is 2.14 bits per heavy atom. The topological polar surface area (TPSA) is 45.2 Å². The van der Waals surface area contributed by atoms with Crippen LogP contribution in [0.2, 0.25) is 0 Å². The Kier molecular flexibility index (Phi) is 4.12. The Bertz CT molecular complexity index is 705. The summed E-state index contributed by atoms with van der Waals surface area (Å²) in [4.78, 5) is 19.2. The Morgan fingerprint density at radius 1 is 1.36 bits per heavy atom. The van der Waals surface area contributed by atoms with E-state index < -0.39 is 0 Å². The first-order valence-electron chi connectivity index (χ1n) is 7.89. The molecule has 0 spiro atoms. The number of benzene rings is 1. The van der Waals surface area contributed by atoms with Crippen LogP contribution in [0.1, 0.15) is 23.2 Å². The molecule has 1 saturated heterocycles. The number of likely N-dealkylation sites (N-methyl/N-ethyl adjacent to an activating group) is 1. The number of para-hydroxylation sites is 1. The van der Waals surface area contributed by atoms with E-state index in [4.69, 9.17) is 0 Å². The second-order valence-corrected chi connectivity index (χ2v) is 6.15. The number of carbonyl (C=O) groups is 1. The second-order valence-electron chi connectivity index (χ2n) is 6.15. The number of fused-ring (bicyclic) bond motifs is 1. The number of nitrogens with zero attached hydrogens (tertiary/aromatic N) is 2. The summed E-state index contributed by atoms with van der Waals surface area (Å²) < 4.78 is 0. The molecule has 1 aromatic carbocycles. The first-order chi connectivity index (χ1) is 10.6. The van der Waals surface area contributed by atoms with E-state index in [1.54, 1.807) is 0 Å². The Balaban J connectivity index is 1.88. The van der Waals surface area contributed by atoms with Gasteiger partial charge in [-0.3, -0.25) is 9.78 Å². The van der Waals surface area contributed by atoms with Crippen LogP contribution in [0.5, 0.6) is 0 Å². The number of hydrogen-bond donors (Lipinski definition) is 1. The Hall–Kier alpha value is -1.94. The van der Waals surface area contributed by atoms with Crippen molar-refractivity contribution >= 4 is 16.8 Å². The van der Waals surface area contributed by atoms with Gasteiger partial charge in [-0.15, -0.1) is 0 Å². The van der Waals surface area contributed by atoms with E-state index in [-0.39, 0.29) is 5.91 Å². The molecule has 1 aromatic heterocycles. The van der Waals surface area contributed by atoms with Gasteiger partial charge in [-0.2, -0.15) is 0 Å². The van der Waals surface area contributed by atoms with E-state index in [0.717, 1.165) is 41.7 Å². The minimum atomic E-state index is 0.178. The molecule has 22 heavy (non-hydrogen) atoms. The molecule has 0 radical (unpaired) electrons. The van der Waals surface area contributed by atoms with Crippen LogP contribution >= 0.6 is 0 Å². The SMILES string of the molecule is Cc1nc2ccccc2c(C)c1CC(=O)N(C)[C@H]1CCNC1. The van der Waals surface area contributed by atoms with Gasteiger partial charge in [0.1, 0.15) is 0 Å². The minimum Gasteiger partial charge on any atom is -0.341 e. The fourth-order valence-corrected chi connectivity index (χ4v) is 3.28. The highest BCUT2D eigenvalue weighted by Crippen LogP contribution is 2.23. The fraction of sp³-hybridized carbons (Fsp3) is 0.444. The molecular weight excluding hydrogens is 274 g/mol. The number of carbonyl (C=O) groups excluding carboxylic acids is 1. The van der Waals surface area contributed by atoms with Crippen molar-refractivity contribution in [1.29, 1.82) is 0 Å². The van der Waals surface area contributed by atoms with Crippen molar-refractivity contribution in [2.45, 2.75) is 32.7 Å². The molecule has 3 rings (SSSR count). The van der Waals surface area contributed by atoms with Crippen molar-refractivity contribution in [3.8, 4) is 0 Å². The van der Waals surface area contributed by atoms with Gasteiger partial charge < -0.3 is 10.2 Å². The molecule has 1 aliphatic heterocycles. The van der Waals surface area contributed by atoms with Gasteiger partial charge >= 0.3 is 0 Å². The van der Waals surface area contributed by atoms with Crippen LogP contribution < -0.4 is 5.32 Å². The molecule has 1 amide bonds. The summed E-state index contributed by atoms with van der Waals surface area (Å²) in [6.07, 6.45) is 1.47. The fourth-order valence-electron chi connectivity index (χ4n) is 3.28. The van der Waals surface area contributed by atoms with E-state index in [1.807, 2.05) is 37.1 Å². The normalized spacial score (nSPS) is 17.9. The zero-order valence-electron chi connectivity index (χ0n) is 13.5. The first kappa shape index (κ1) is 15.0. The molecule has 116 valence electrons. The van der Waals surface area contributed by atoms with E-state index >= 15 is 0 Å². The van der Waals surface area contributed by atoms with Gasteiger partial charge in [-0.05, 0) is 44.0 Å². The highest BCUT2D eigenvalue weighted by molar-refractivity contribution is 5.86. The average molecular weight is 297 g/mol. The zero-order valence-corrected chi connectivity index (χ0v) is 13.5. The number of aryl methyl sites for hydroxylation is 2. The van der Waals surface area contributed by atoms with Crippen molar-refractivity contribution in [2.75, 3.05) is 20.1 Å². The summed E-state index contributed by atoms with van der Waals surface area (Å²) in [5.74, 6) is 0.178. The standard InChI is InChI=1S/C18H23N3O/c1-12-15-6-4-5-7-17(15)20-13(2)16(12)10-18(22)21(3)14-8-9-19-11-14/h4-7,14,19H,8-11H2,1-3H3/t14-/m0/s1. The lowest BCUT2D eigenvalue weighted by Gasteiger charge is -2.24. The van der Waals surface area contributed by atoms with E-state index in [1.165, 1.54) is 5.56 Å². The summed E-state index contributed by atoms with van der Waals surface area (Å²) >= 11 is 0. The van der Waals surface area contributed by atoms with Crippen LogP contribution in [0.25, 0.3) is 10.9 Å². The van der Waals surface area contributed by atoms with Crippen LogP contribution in [0.15, 0.2) is 24.3 Å². The number of rotatable bonds is 3. The molecule has 0 bridgehead atoms. The molecule has 1 atom stereocenters. The number of aromatic nitrogens is 1. The number of pyridine rings is 1. The predicted molar refractivity (Wildman–Crippen MR) is 89.0 cm³/mol. The van der Waals surface area contributed by atoms with Crippen LogP contribution in [-0.4, -0.2) is 42.0 Å². The van der Waals surface area contributed by atoms with Crippen molar-refractivity contribution in [3.63, 3.8) is 0 Å². The molecule has 0 unspecified atom stereocenters. The van der Waals surface area contributed by atoms with Crippen LogP contribution in [0.3, 0.4) is 0 Å². The average Bonchev–Trinajstić information content (AvgIpc) is 3.04. The molecule has 0 saturated carbocycles. The zero-order chi connectivity index (χ0) is 15.7. The van der Waals surface area contributed by atoms with E-state index in [2.05, 4.69) is 23.3 Å². The molecule has 0 aliphatic carbocycles. The third-order valence-electron chi connectivity index (χ3n) is 4.79. The van der Waals surface area contributed by atoms with Gasteiger partial charge in [0.25, 0.3) is 0 Å². The quantitative estimate of drug-likeness (QED) is 0.945. The number of hydrogen-bond acceptors (Lipinski definition) is 3. The van der Waals surface area contributed by atoms with Gasteiger partial charge in [0.2, 0.25) is 5.91 Å². The molecule has 2 heterocycles. The first-order valence-corrected chi connectivity index (χ1v) is 7.89. The molecule has 1 fully saturated rings. The highest BCUT2D eigenvalue weighted by atomic mass is 16.2. The second kappa shape index (κ2) is 6.05. The maximum atomic E-state index is 12.6. The molecular formula is C18H23N3O. The summed E-state index contributed by atoms with van der Waals surface area (Å²) in [5.41, 5.74) is 4.21. The van der Waals surface area contributed by atoms with Gasteiger partial charge in [0, 0.05) is 30.7 Å². The Morgan fingerprint density at radius 3 is 2.86 bits per heavy atom. The predicted octanol–water partition coefficient (Wildman–Crippen LogP) is 2.21. The summed E-state index contributed by atoms with van der Waals surface area (Å²) in [6, 6.07) is 8.45. The number of amides is 1. The van der Waals surface area contributed by atoms with Crippen LogP contribution in [0, 0.1) is 13.8 Å². The van der Waals surface area contributed by atoms with Crippen molar-refractivity contribution < 1.29 is 4.79 Å². The lowest BCUT2D eigenvalue weighted by atomic mass is 9.99. The smallest absolute Gasteiger partial charge is 0.227 e. The van der Waals surface area contributed by atoms with Gasteiger partial charge in [-0.1, -0.05) is 18.2 Å². The summed E-state index contributed by atoms with van der Waals surface area (Å²) in [6.45, 7) is 5.99. The third-order valence-corrected chi connectivity index (χ3v) is 4.79. The Labute approximate surface area is 131 Å². The van der Waals surface area contributed by atoms with Gasteiger partial charge in [0.15, 0.2) is 0 Å². The molecule has 4 heteroatoms. The molecule has 1 aliphatic rings. The van der Waals surface area contributed by atoms with Crippen LogP contribution in [0.4, 0.5) is 0 Å². The highest BCUT2D eigenvalue weighted by Gasteiger charge is 2.24. The number of nitrogens with one attached hydrogen (secondary N) is 1. The third kappa shape index (κ3) is 2.71. The van der Waals surface area contributed by atoms with Gasteiger partial charge in [0.05, 0.1) is 11.9 Å². The van der Waals surface area contributed by atoms with Gasteiger partial charge in [-0.25, -0.2) is 0 Å². The molecule has 1 N–H and O–H groups in total. The lowest BCUT2D eigenvalue weighted by molar-refractivity contribution is -0.130.